The highest BCUT2D eigenvalue weighted by atomic mass is 35.5. The molecule has 1 aliphatic rings. The van der Waals surface area contributed by atoms with Gasteiger partial charge >= 0.3 is 0 Å². The van der Waals surface area contributed by atoms with Crippen molar-refractivity contribution in [3.05, 3.63) is 57.2 Å². The van der Waals surface area contributed by atoms with Crippen LogP contribution in [-0.4, -0.2) is 12.6 Å². The van der Waals surface area contributed by atoms with Crippen LogP contribution in [0.4, 0.5) is 0 Å². The van der Waals surface area contributed by atoms with Crippen molar-refractivity contribution in [2.24, 2.45) is 0 Å². The summed E-state index contributed by atoms with van der Waals surface area (Å²) in [5.74, 6) is 0.692. The minimum atomic E-state index is 0.683. The van der Waals surface area contributed by atoms with Gasteiger partial charge in [-0.1, -0.05) is 23.7 Å². The van der Waals surface area contributed by atoms with E-state index in [2.05, 4.69) is 40.3 Å². The second-order valence-electron chi connectivity index (χ2n) is 5.26. The summed E-state index contributed by atoms with van der Waals surface area (Å²) >= 11 is 7.81. The molecule has 19 heavy (non-hydrogen) atoms. The molecule has 2 aromatic rings. The molecular formula is C16H18ClNS. The van der Waals surface area contributed by atoms with E-state index in [1.165, 1.54) is 24.0 Å². The lowest BCUT2D eigenvalue weighted by Crippen LogP contribution is -2.40. The lowest BCUT2D eigenvalue weighted by Gasteiger charge is -2.36. The van der Waals surface area contributed by atoms with Gasteiger partial charge in [-0.2, -0.15) is 11.3 Å². The summed E-state index contributed by atoms with van der Waals surface area (Å²) in [6, 6.07) is 11.2. The maximum Gasteiger partial charge on any atom is 0.0408 e. The van der Waals surface area contributed by atoms with Crippen molar-refractivity contribution in [2.45, 2.75) is 31.2 Å². The van der Waals surface area contributed by atoms with E-state index in [9.17, 15) is 0 Å². The fourth-order valence-electron chi connectivity index (χ4n) is 2.67. The van der Waals surface area contributed by atoms with Crippen molar-refractivity contribution in [2.75, 3.05) is 6.54 Å². The first-order chi connectivity index (χ1) is 9.31. The largest absolute Gasteiger partial charge is 0.314 e. The molecule has 0 unspecified atom stereocenters. The smallest absolute Gasteiger partial charge is 0.0408 e. The minimum Gasteiger partial charge on any atom is -0.314 e. The monoisotopic (exact) mass is 291 g/mol. The highest BCUT2D eigenvalue weighted by molar-refractivity contribution is 7.07. The summed E-state index contributed by atoms with van der Waals surface area (Å²) in [6.07, 6.45) is 3.62. The zero-order valence-electron chi connectivity index (χ0n) is 10.8. The molecule has 3 heteroatoms. The van der Waals surface area contributed by atoms with Crippen LogP contribution in [0, 0.1) is 0 Å². The van der Waals surface area contributed by atoms with Gasteiger partial charge < -0.3 is 5.32 Å². The third-order valence-electron chi connectivity index (χ3n) is 3.88. The van der Waals surface area contributed by atoms with E-state index in [4.69, 9.17) is 11.6 Å². The number of halogens is 1. The molecule has 100 valence electrons. The lowest BCUT2D eigenvalue weighted by atomic mass is 9.76. The van der Waals surface area contributed by atoms with Gasteiger partial charge in [0.2, 0.25) is 0 Å². The average Bonchev–Trinajstić information content (AvgIpc) is 2.85. The zero-order valence-corrected chi connectivity index (χ0v) is 12.4. The second-order valence-corrected chi connectivity index (χ2v) is 6.47. The first kappa shape index (κ1) is 13.2. The van der Waals surface area contributed by atoms with Gasteiger partial charge in [-0.15, -0.1) is 0 Å². The van der Waals surface area contributed by atoms with Crippen molar-refractivity contribution in [3.63, 3.8) is 0 Å². The van der Waals surface area contributed by atoms with Crippen LogP contribution < -0.4 is 5.32 Å². The Morgan fingerprint density at radius 3 is 2.89 bits per heavy atom. The highest BCUT2D eigenvalue weighted by Gasteiger charge is 2.29. The Balaban J connectivity index is 1.41. The number of nitrogens with one attached hydrogen (secondary N) is 1. The summed E-state index contributed by atoms with van der Waals surface area (Å²) in [7, 11) is 0. The van der Waals surface area contributed by atoms with Crippen molar-refractivity contribution in [1.82, 2.24) is 5.32 Å². The van der Waals surface area contributed by atoms with Gasteiger partial charge in [-0.25, -0.2) is 0 Å². The summed E-state index contributed by atoms with van der Waals surface area (Å²) in [5, 5.41) is 8.88. The number of hydrogen-bond acceptors (Lipinski definition) is 2. The Labute approximate surface area is 123 Å². The summed E-state index contributed by atoms with van der Waals surface area (Å²) in [6.45, 7) is 1.09. The Bertz CT molecular complexity index is 517. The van der Waals surface area contributed by atoms with Gasteiger partial charge in [-0.3, -0.25) is 0 Å². The Morgan fingerprint density at radius 2 is 2.16 bits per heavy atom. The van der Waals surface area contributed by atoms with E-state index in [1.54, 1.807) is 11.3 Å². The van der Waals surface area contributed by atoms with Gasteiger partial charge in [0.05, 0.1) is 0 Å². The van der Waals surface area contributed by atoms with Crippen LogP contribution in [0.15, 0.2) is 41.1 Å². The molecule has 1 aromatic heterocycles. The summed E-state index contributed by atoms with van der Waals surface area (Å²) < 4.78 is 0. The second kappa shape index (κ2) is 6.08. The van der Waals surface area contributed by atoms with Crippen LogP contribution in [0.1, 0.15) is 29.9 Å². The van der Waals surface area contributed by atoms with Gasteiger partial charge in [0, 0.05) is 11.1 Å². The lowest BCUT2D eigenvalue weighted by molar-refractivity contribution is 0.293. The quantitative estimate of drug-likeness (QED) is 0.856. The van der Waals surface area contributed by atoms with Crippen LogP contribution in [0.2, 0.25) is 5.02 Å². The van der Waals surface area contributed by atoms with Crippen LogP contribution in [0.3, 0.4) is 0 Å². The van der Waals surface area contributed by atoms with Gasteiger partial charge in [0.1, 0.15) is 0 Å². The first-order valence-electron chi connectivity index (χ1n) is 6.81. The molecule has 0 radical (unpaired) electrons. The normalized spacial score (nSPS) is 22.2. The summed E-state index contributed by atoms with van der Waals surface area (Å²) in [4.78, 5) is 0. The SMILES string of the molecule is Clc1cccc(C2CC(NCCc3ccsc3)C2)c1. The standard InChI is InChI=1S/C16H18ClNS/c17-15-3-1-2-13(8-15)14-9-16(10-14)18-6-4-12-5-7-19-11-12/h1-3,5,7-8,11,14,16,18H,4,6,9-10H2. The molecule has 0 saturated heterocycles. The van der Waals surface area contributed by atoms with E-state index in [0.29, 0.717) is 12.0 Å². The van der Waals surface area contributed by atoms with E-state index in [0.717, 1.165) is 18.0 Å². The summed E-state index contributed by atoms with van der Waals surface area (Å²) in [5.41, 5.74) is 2.84. The van der Waals surface area contributed by atoms with Crippen LogP contribution in [-0.2, 0) is 6.42 Å². The molecule has 3 rings (SSSR count). The predicted molar refractivity (Wildman–Crippen MR) is 83.2 cm³/mol. The van der Waals surface area contributed by atoms with Gasteiger partial charge in [0.15, 0.2) is 0 Å². The fraction of sp³-hybridized carbons (Fsp3) is 0.375. The molecule has 1 saturated carbocycles. The predicted octanol–water partition coefficient (Wildman–Crippen LogP) is 4.48. The molecule has 1 N–H and O–H groups in total. The van der Waals surface area contributed by atoms with Gasteiger partial charge in [0.25, 0.3) is 0 Å². The van der Waals surface area contributed by atoms with Crippen molar-refractivity contribution in [3.8, 4) is 0 Å². The first-order valence-corrected chi connectivity index (χ1v) is 8.13. The molecule has 1 aromatic carbocycles. The molecule has 1 fully saturated rings. The minimum absolute atomic E-state index is 0.683. The zero-order chi connectivity index (χ0) is 13.1. The molecule has 0 aliphatic heterocycles. The molecule has 0 bridgehead atoms. The van der Waals surface area contributed by atoms with Crippen LogP contribution in [0.5, 0.6) is 0 Å². The number of rotatable bonds is 5. The third kappa shape index (κ3) is 3.38. The van der Waals surface area contributed by atoms with Crippen molar-refractivity contribution < 1.29 is 0 Å². The Kier molecular flexibility index (Phi) is 4.21. The number of benzene rings is 1. The fourth-order valence-corrected chi connectivity index (χ4v) is 3.57. The topological polar surface area (TPSA) is 12.0 Å². The molecule has 1 nitrogen and oxygen atoms in total. The molecule has 0 atom stereocenters. The molecular weight excluding hydrogens is 274 g/mol. The van der Waals surface area contributed by atoms with E-state index >= 15 is 0 Å². The molecule has 0 amide bonds. The Morgan fingerprint density at radius 1 is 1.26 bits per heavy atom. The number of hydrogen-bond donors (Lipinski definition) is 1. The third-order valence-corrected chi connectivity index (χ3v) is 4.85. The van der Waals surface area contributed by atoms with E-state index in [1.807, 2.05) is 6.07 Å². The maximum atomic E-state index is 6.03. The van der Waals surface area contributed by atoms with Gasteiger partial charge in [-0.05, 0) is 71.8 Å². The van der Waals surface area contributed by atoms with Crippen molar-refractivity contribution >= 4 is 22.9 Å². The van der Waals surface area contributed by atoms with Crippen LogP contribution >= 0.6 is 22.9 Å². The van der Waals surface area contributed by atoms with Crippen molar-refractivity contribution in [1.29, 1.82) is 0 Å². The average molecular weight is 292 g/mol. The number of thiophene rings is 1. The maximum absolute atomic E-state index is 6.03. The van der Waals surface area contributed by atoms with E-state index < -0.39 is 0 Å². The molecule has 0 spiro atoms. The Hall–Kier alpha value is -0.830. The molecule has 1 heterocycles. The highest BCUT2D eigenvalue weighted by Crippen LogP contribution is 2.37. The molecule has 1 aliphatic carbocycles. The van der Waals surface area contributed by atoms with Crippen LogP contribution in [0.25, 0.3) is 0 Å². The van der Waals surface area contributed by atoms with E-state index in [-0.39, 0.29) is 0 Å².